The van der Waals surface area contributed by atoms with Gasteiger partial charge in [-0.2, -0.15) is 4.98 Å². The number of hydrogen-bond acceptors (Lipinski definition) is 6. The minimum Gasteiger partial charge on any atom is -0.478 e. The summed E-state index contributed by atoms with van der Waals surface area (Å²) in [5.74, 6) is 1.04. The second-order valence-electron chi connectivity index (χ2n) is 5.33. The molecule has 0 aliphatic rings. The highest BCUT2D eigenvalue weighted by Gasteiger charge is 2.18. The quantitative estimate of drug-likeness (QED) is 0.743. The van der Waals surface area contributed by atoms with Crippen LogP contribution in [0.25, 0.3) is 11.4 Å². The van der Waals surface area contributed by atoms with Gasteiger partial charge in [-0.15, -0.1) is 0 Å². The van der Waals surface area contributed by atoms with Gasteiger partial charge in [-0.1, -0.05) is 23.4 Å². The molecule has 25 heavy (non-hydrogen) atoms. The molecule has 0 aliphatic heterocycles. The van der Waals surface area contributed by atoms with Gasteiger partial charge < -0.3 is 14.6 Å². The van der Waals surface area contributed by atoms with Crippen LogP contribution in [0.5, 0.6) is 5.88 Å². The first-order valence-electron chi connectivity index (χ1n) is 7.96. The first-order valence-corrected chi connectivity index (χ1v) is 7.96. The molecule has 1 aromatic carbocycles. The van der Waals surface area contributed by atoms with E-state index in [0.29, 0.717) is 29.8 Å². The van der Waals surface area contributed by atoms with Crippen molar-refractivity contribution in [3.8, 4) is 17.3 Å². The van der Waals surface area contributed by atoms with Crippen LogP contribution >= 0.6 is 0 Å². The average Bonchev–Trinajstić information content (AvgIpc) is 3.13. The van der Waals surface area contributed by atoms with Gasteiger partial charge in [0.2, 0.25) is 17.6 Å². The van der Waals surface area contributed by atoms with Crippen molar-refractivity contribution in [3.63, 3.8) is 0 Å². The van der Waals surface area contributed by atoms with Crippen LogP contribution in [0, 0.1) is 0 Å². The van der Waals surface area contributed by atoms with E-state index in [1.807, 2.05) is 25.1 Å². The molecule has 7 heteroatoms. The zero-order valence-corrected chi connectivity index (χ0v) is 14.0. The molecule has 0 saturated carbocycles. The molecule has 0 saturated heterocycles. The minimum absolute atomic E-state index is 0.199. The summed E-state index contributed by atoms with van der Waals surface area (Å²) in [5.41, 5.74) is 1.31. The highest BCUT2D eigenvalue weighted by Crippen LogP contribution is 2.21. The van der Waals surface area contributed by atoms with Crippen LogP contribution < -0.4 is 10.1 Å². The zero-order chi connectivity index (χ0) is 17.6. The second-order valence-corrected chi connectivity index (χ2v) is 5.33. The van der Waals surface area contributed by atoms with Crippen molar-refractivity contribution in [2.45, 2.75) is 19.9 Å². The molecule has 3 aromatic rings. The van der Waals surface area contributed by atoms with Crippen molar-refractivity contribution in [1.82, 2.24) is 20.4 Å². The van der Waals surface area contributed by atoms with Gasteiger partial charge in [-0.05, 0) is 32.0 Å². The first-order chi connectivity index (χ1) is 12.2. The largest absolute Gasteiger partial charge is 0.478 e. The molecule has 0 fully saturated rings. The minimum atomic E-state index is -0.415. The van der Waals surface area contributed by atoms with Gasteiger partial charge in [0.05, 0.1) is 6.61 Å². The maximum Gasteiger partial charge on any atom is 0.251 e. The van der Waals surface area contributed by atoms with Crippen molar-refractivity contribution in [2.75, 3.05) is 6.61 Å². The van der Waals surface area contributed by atoms with Gasteiger partial charge in [-0.3, -0.25) is 4.79 Å². The number of pyridine rings is 1. The molecule has 1 amide bonds. The number of nitrogens with zero attached hydrogens (tertiary/aromatic N) is 3. The third kappa shape index (κ3) is 4.00. The molecule has 7 nitrogen and oxygen atoms in total. The number of hydrogen-bond donors (Lipinski definition) is 1. The lowest BCUT2D eigenvalue weighted by Gasteiger charge is -2.09. The Morgan fingerprint density at radius 3 is 2.84 bits per heavy atom. The van der Waals surface area contributed by atoms with Crippen molar-refractivity contribution in [3.05, 3.63) is 60.1 Å². The maximum atomic E-state index is 12.2. The number of amides is 1. The molecule has 128 valence electrons. The molecule has 0 radical (unpaired) electrons. The smallest absolute Gasteiger partial charge is 0.251 e. The van der Waals surface area contributed by atoms with E-state index < -0.39 is 6.04 Å². The average molecular weight is 338 g/mol. The van der Waals surface area contributed by atoms with E-state index in [9.17, 15) is 4.79 Å². The van der Waals surface area contributed by atoms with Crippen LogP contribution in [-0.4, -0.2) is 27.6 Å². The van der Waals surface area contributed by atoms with Crippen LogP contribution in [0.3, 0.4) is 0 Å². The summed E-state index contributed by atoms with van der Waals surface area (Å²) in [7, 11) is 0. The molecular weight excluding hydrogens is 320 g/mol. The first kappa shape index (κ1) is 16.6. The summed E-state index contributed by atoms with van der Waals surface area (Å²) in [6.07, 6.45) is 1.62. The summed E-state index contributed by atoms with van der Waals surface area (Å²) in [5, 5.41) is 6.80. The Morgan fingerprint density at radius 1 is 1.28 bits per heavy atom. The molecule has 0 bridgehead atoms. The van der Waals surface area contributed by atoms with Gasteiger partial charge in [0, 0.05) is 23.4 Å². The molecule has 3 rings (SSSR count). The fraction of sp³-hybridized carbons (Fsp3) is 0.222. The van der Waals surface area contributed by atoms with E-state index in [4.69, 9.17) is 9.26 Å². The predicted octanol–water partition coefficient (Wildman–Crippen LogP) is 3.02. The summed E-state index contributed by atoms with van der Waals surface area (Å²) in [6.45, 7) is 4.20. The van der Waals surface area contributed by atoms with E-state index >= 15 is 0 Å². The van der Waals surface area contributed by atoms with Crippen LogP contribution in [0.4, 0.5) is 0 Å². The molecule has 0 aliphatic carbocycles. The Balaban J connectivity index is 1.72. The van der Waals surface area contributed by atoms with Crippen molar-refractivity contribution in [2.24, 2.45) is 0 Å². The maximum absolute atomic E-state index is 12.2. The summed E-state index contributed by atoms with van der Waals surface area (Å²) < 4.78 is 10.6. The van der Waals surface area contributed by atoms with Gasteiger partial charge >= 0.3 is 0 Å². The van der Waals surface area contributed by atoms with Gasteiger partial charge in [-0.25, -0.2) is 4.98 Å². The zero-order valence-electron chi connectivity index (χ0n) is 14.0. The van der Waals surface area contributed by atoms with E-state index in [2.05, 4.69) is 20.4 Å². The Morgan fingerprint density at radius 2 is 2.08 bits per heavy atom. The fourth-order valence-electron chi connectivity index (χ4n) is 2.23. The van der Waals surface area contributed by atoms with E-state index in [1.165, 1.54) is 0 Å². The third-order valence-corrected chi connectivity index (χ3v) is 3.48. The Labute approximate surface area is 145 Å². The number of aromatic nitrogens is 3. The molecule has 0 spiro atoms. The lowest BCUT2D eigenvalue weighted by molar-refractivity contribution is 0.0932. The molecule has 1 N–H and O–H groups in total. The van der Waals surface area contributed by atoms with Gasteiger partial charge in [0.25, 0.3) is 5.91 Å². The normalized spacial score (nSPS) is 11.8. The highest BCUT2D eigenvalue weighted by atomic mass is 16.5. The van der Waals surface area contributed by atoms with E-state index in [1.54, 1.807) is 37.4 Å². The SMILES string of the molecule is CCOc1cc(-c2noc(C(C)NC(=O)c3ccccc3)n2)ccn1. The van der Waals surface area contributed by atoms with Crippen molar-refractivity contribution >= 4 is 5.91 Å². The Hall–Kier alpha value is -3.22. The molecule has 1 unspecified atom stereocenters. The number of rotatable bonds is 6. The predicted molar refractivity (Wildman–Crippen MR) is 91.0 cm³/mol. The Kier molecular flexibility index (Phi) is 5.03. The summed E-state index contributed by atoms with van der Waals surface area (Å²) >= 11 is 0. The lowest BCUT2D eigenvalue weighted by Crippen LogP contribution is -2.26. The molecule has 1 atom stereocenters. The second kappa shape index (κ2) is 7.57. The number of carbonyl (C=O) groups is 1. The van der Waals surface area contributed by atoms with Gasteiger partial charge in [0.15, 0.2) is 0 Å². The Bertz CT molecular complexity index is 848. The lowest BCUT2D eigenvalue weighted by atomic mass is 10.2. The summed E-state index contributed by atoms with van der Waals surface area (Å²) in [6, 6.07) is 12.1. The van der Waals surface area contributed by atoms with Crippen molar-refractivity contribution < 1.29 is 14.1 Å². The number of carbonyl (C=O) groups excluding carboxylic acids is 1. The standard InChI is InChI=1S/C18H18N4O3/c1-3-24-15-11-14(9-10-19-15)16-21-18(25-22-16)12(2)20-17(23)13-7-5-4-6-8-13/h4-12H,3H2,1-2H3,(H,20,23). The van der Waals surface area contributed by atoms with Crippen LogP contribution in [-0.2, 0) is 0 Å². The van der Waals surface area contributed by atoms with Crippen LogP contribution in [0.2, 0.25) is 0 Å². The number of nitrogens with one attached hydrogen (secondary N) is 1. The fourth-order valence-corrected chi connectivity index (χ4v) is 2.23. The third-order valence-electron chi connectivity index (χ3n) is 3.48. The number of ether oxygens (including phenoxy) is 1. The topological polar surface area (TPSA) is 90.1 Å². The van der Waals surface area contributed by atoms with Crippen molar-refractivity contribution in [1.29, 1.82) is 0 Å². The van der Waals surface area contributed by atoms with Gasteiger partial charge in [0.1, 0.15) is 6.04 Å². The van der Waals surface area contributed by atoms with Crippen LogP contribution in [0.1, 0.15) is 36.1 Å². The molecular formula is C18H18N4O3. The van der Waals surface area contributed by atoms with E-state index in [-0.39, 0.29) is 5.91 Å². The van der Waals surface area contributed by atoms with Crippen LogP contribution in [0.15, 0.2) is 53.2 Å². The molecule has 2 aromatic heterocycles. The molecule has 2 heterocycles. The summed E-state index contributed by atoms with van der Waals surface area (Å²) in [4.78, 5) is 20.7. The van der Waals surface area contributed by atoms with E-state index in [0.717, 1.165) is 5.56 Å². The number of benzene rings is 1. The monoisotopic (exact) mass is 338 g/mol. The highest BCUT2D eigenvalue weighted by molar-refractivity contribution is 5.94.